The molecule has 3 aromatic rings. The largest absolute Gasteiger partial charge is 0.397 e. The summed E-state index contributed by atoms with van der Waals surface area (Å²) in [7, 11) is 0. The van der Waals surface area contributed by atoms with Crippen molar-refractivity contribution in [2.24, 2.45) is 0 Å². The van der Waals surface area contributed by atoms with Crippen molar-refractivity contribution in [1.82, 2.24) is 4.98 Å². The van der Waals surface area contributed by atoms with Gasteiger partial charge >= 0.3 is 0 Å². The number of nitrogens with two attached hydrogens (primary N) is 1. The molecule has 1 heterocycles. The van der Waals surface area contributed by atoms with Gasteiger partial charge in [0.15, 0.2) is 0 Å². The molecule has 3 rings (SSSR count). The lowest BCUT2D eigenvalue weighted by molar-refractivity contribution is 0.282. The number of hydrogen-bond donors (Lipinski definition) is 3. The number of aromatic nitrogens is 1. The topological polar surface area (TPSA) is 62.0 Å². The quantitative estimate of drug-likeness (QED) is 0.642. The first-order chi connectivity index (χ1) is 8.78. The molecule has 3 heteroatoms. The van der Waals surface area contributed by atoms with Gasteiger partial charge in [-0.2, -0.15) is 0 Å². The summed E-state index contributed by atoms with van der Waals surface area (Å²) >= 11 is 0. The Hall–Kier alpha value is -2.26. The third kappa shape index (κ3) is 1.75. The number of aromatic amines is 1. The minimum absolute atomic E-state index is 0.0735. The summed E-state index contributed by atoms with van der Waals surface area (Å²) < 4.78 is 0. The molecule has 0 atom stereocenters. The molecule has 0 bridgehead atoms. The summed E-state index contributed by atoms with van der Waals surface area (Å²) in [5.41, 5.74) is 10.9. The number of aliphatic hydroxyl groups is 1. The lowest BCUT2D eigenvalue weighted by atomic mass is 10.0. The van der Waals surface area contributed by atoms with Gasteiger partial charge in [0.1, 0.15) is 0 Å². The zero-order valence-electron chi connectivity index (χ0n) is 9.85. The second kappa shape index (κ2) is 4.20. The minimum Gasteiger partial charge on any atom is -0.397 e. The van der Waals surface area contributed by atoms with E-state index in [2.05, 4.69) is 17.1 Å². The number of nitrogen functional groups attached to an aromatic ring is 1. The molecule has 0 fully saturated rings. The van der Waals surface area contributed by atoms with Crippen LogP contribution in [0.15, 0.2) is 48.7 Å². The van der Waals surface area contributed by atoms with Crippen molar-refractivity contribution >= 4 is 16.6 Å². The number of fused-ring (bicyclic) bond motifs is 1. The Morgan fingerprint density at radius 1 is 1.00 bits per heavy atom. The summed E-state index contributed by atoms with van der Waals surface area (Å²) in [5.74, 6) is 0. The molecule has 3 nitrogen and oxygen atoms in total. The first-order valence-corrected chi connectivity index (χ1v) is 5.85. The number of benzene rings is 2. The maximum atomic E-state index is 9.03. The lowest BCUT2D eigenvalue weighted by Crippen LogP contribution is -1.84. The summed E-state index contributed by atoms with van der Waals surface area (Å²) in [4.78, 5) is 3.13. The summed E-state index contributed by atoms with van der Waals surface area (Å²) in [6, 6.07) is 14.0. The van der Waals surface area contributed by atoms with Gasteiger partial charge in [0, 0.05) is 17.1 Å². The van der Waals surface area contributed by atoms with Crippen LogP contribution in [0.1, 0.15) is 5.56 Å². The van der Waals surface area contributed by atoms with Crippen molar-refractivity contribution in [1.29, 1.82) is 0 Å². The molecule has 1 aromatic heterocycles. The first-order valence-electron chi connectivity index (χ1n) is 5.85. The molecule has 0 aliphatic rings. The number of hydrogen-bond acceptors (Lipinski definition) is 2. The van der Waals surface area contributed by atoms with E-state index in [0.717, 1.165) is 33.3 Å². The maximum Gasteiger partial charge on any atom is 0.0681 e. The van der Waals surface area contributed by atoms with Crippen LogP contribution in [0.5, 0.6) is 0 Å². The van der Waals surface area contributed by atoms with Gasteiger partial charge in [-0.1, -0.05) is 30.3 Å². The van der Waals surface area contributed by atoms with Crippen molar-refractivity contribution < 1.29 is 5.11 Å². The third-order valence-corrected chi connectivity index (χ3v) is 3.18. The summed E-state index contributed by atoms with van der Waals surface area (Å²) in [6.07, 6.45) is 1.81. The second-order valence-corrected chi connectivity index (χ2v) is 4.36. The predicted octanol–water partition coefficient (Wildman–Crippen LogP) is 2.91. The van der Waals surface area contributed by atoms with E-state index in [1.165, 1.54) is 0 Å². The van der Waals surface area contributed by atoms with E-state index in [-0.39, 0.29) is 6.61 Å². The van der Waals surface area contributed by atoms with E-state index < -0.39 is 0 Å². The fraction of sp³-hybridized carbons (Fsp3) is 0.0667. The van der Waals surface area contributed by atoms with Crippen LogP contribution < -0.4 is 5.73 Å². The summed E-state index contributed by atoms with van der Waals surface area (Å²) in [6.45, 7) is 0.0735. The number of nitrogens with one attached hydrogen (secondary N) is 1. The van der Waals surface area contributed by atoms with Gasteiger partial charge in [-0.15, -0.1) is 0 Å². The van der Waals surface area contributed by atoms with Crippen LogP contribution in [-0.4, -0.2) is 10.1 Å². The molecule has 4 N–H and O–H groups in total. The van der Waals surface area contributed by atoms with Crippen molar-refractivity contribution in [3.63, 3.8) is 0 Å². The molecule has 0 unspecified atom stereocenters. The molecule has 0 saturated carbocycles. The van der Waals surface area contributed by atoms with Crippen LogP contribution in [0.3, 0.4) is 0 Å². The van der Waals surface area contributed by atoms with Crippen LogP contribution in [0, 0.1) is 0 Å². The molecular weight excluding hydrogens is 224 g/mol. The van der Waals surface area contributed by atoms with Gasteiger partial charge in [0.25, 0.3) is 0 Å². The standard InChI is InChI=1S/C15H14N2O/c16-14-8-17-15-6-5-12(7-13(14)15)11-3-1-10(9-18)2-4-11/h1-8,17-18H,9,16H2. The van der Waals surface area contributed by atoms with Crippen LogP contribution in [0.4, 0.5) is 5.69 Å². The molecule has 0 spiro atoms. The average molecular weight is 238 g/mol. The van der Waals surface area contributed by atoms with E-state index in [0.29, 0.717) is 0 Å². The van der Waals surface area contributed by atoms with Gasteiger partial charge in [-0.3, -0.25) is 0 Å². The highest BCUT2D eigenvalue weighted by atomic mass is 16.3. The molecule has 0 aliphatic heterocycles. The maximum absolute atomic E-state index is 9.03. The predicted molar refractivity (Wildman–Crippen MR) is 74.1 cm³/mol. The minimum atomic E-state index is 0.0735. The SMILES string of the molecule is Nc1c[nH]c2ccc(-c3ccc(CO)cc3)cc12. The molecule has 0 radical (unpaired) electrons. The van der Waals surface area contributed by atoms with Gasteiger partial charge < -0.3 is 15.8 Å². The zero-order valence-corrected chi connectivity index (χ0v) is 9.85. The third-order valence-electron chi connectivity index (χ3n) is 3.18. The highest BCUT2D eigenvalue weighted by Gasteiger charge is 2.03. The highest BCUT2D eigenvalue weighted by molar-refractivity contribution is 5.94. The molecule has 0 amide bonds. The second-order valence-electron chi connectivity index (χ2n) is 4.36. The first kappa shape index (κ1) is 10.9. The van der Waals surface area contributed by atoms with Gasteiger partial charge in [0.05, 0.1) is 12.3 Å². The molecule has 90 valence electrons. The Labute approximate surface area is 105 Å². The average Bonchev–Trinajstić information content (AvgIpc) is 2.80. The van der Waals surface area contributed by atoms with E-state index in [4.69, 9.17) is 10.8 Å². The Kier molecular flexibility index (Phi) is 2.54. The zero-order chi connectivity index (χ0) is 12.5. The van der Waals surface area contributed by atoms with E-state index in [1.807, 2.05) is 36.5 Å². The van der Waals surface area contributed by atoms with Gasteiger partial charge in [-0.25, -0.2) is 0 Å². The van der Waals surface area contributed by atoms with Crippen LogP contribution in [0.25, 0.3) is 22.0 Å². The van der Waals surface area contributed by atoms with E-state index >= 15 is 0 Å². The molecular formula is C15H14N2O. The molecule has 0 saturated heterocycles. The van der Waals surface area contributed by atoms with Crippen LogP contribution >= 0.6 is 0 Å². The monoisotopic (exact) mass is 238 g/mol. The van der Waals surface area contributed by atoms with Crippen molar-refractivity contribution in [3.05, 3.63) is 54.2 Å². The summed E-state index contributed by atoms with van der Waals surface area (Å²) in [5, 5.41) is 10.1. The van der Waals surface area contributed by atoms with Crippen molar-refractivity contribution in [2.45, 2.75) is 6.61 Å². The normalized spacial score (nSPS) is 10.9. The number of aliphatic hydroxyl groups excluding tert-OH is 1. The number of anilines is 1. The molecule has 2 aromatic carbocycles. The van der Waals surface area contributed by atoms with E-state index in [9.17, 15) is 0 Å². The molecule has 0 aliphatic carbocycles. The highest BCUT2D eigenvalue weighted by Crippen LogP contribution is 2.27. The van der Waals surface area contributed by atoms with E-state index in [1.54, 1.807) is 0 Å². The number of H-pyrrole nitrogens is 1. The lowest BCUT2D eigenvalue weighted by Gasteiger charge is -2.04. The fourth-order valence-electron chi connectivity index (χ4n) is 2.12. The van der Waals surface area contributed by atoms with Crippen LogP contribution in [-0.2, 0) is 6.61 Å². The Bertz CT molecular complexity index is 683. The number of rotatable bonds is 2. The van der Waals surface area contributed by atoms with Crippen molar-refractivity contribution in [2.75, 3.05) is 5.73 Å². The van der Waals surface area contributed by atoms with Gasteiger partial charge in [0.2, 0.25) is 0 Å². The smallest absolute Gasteiger partial charge is 0.0681 e. The van der Waals surface area contributed by atoms with Crippen LogP contribution in [0.2, 0.25) is 0 Å². The Morgan fingerprint density at radius 2 is 1.72 bits per heavy atom. The van der Waals surface area contributed by atoms with Gasteiger partial charge in [-0.05, 0) is 28.8 Å². The van der Waals surface area contributed by atoms with Crippen molar-refractivity contribution in [3.8, 4) is 11.1 Å². The Balaban J connectivity index is 2.09. The fourth-order valence-corrected chi connectivity index (χ4v) is 2.12. The molecule has 18 heavy (non-hydrogen) atoms. The Morgan fingerprint density at radius 3 is 2.44 bits per heavy atom.